The summed E-state index contributed by atoms with van der Waals surface area (Å²) in [5.74, 6) is 0.373. The van der Waals surface area contributed by atoms with E-state index in [9.17, 15) is 4.79 Å². The predicted molar refractivity (Wildman–Crippen MR) is 45.4 cm³/mol. The van der Waals surface area contributed by atoms with E-state index in [0.717, 1.165) is 3.92 Å². The summed E-state index contributed by atoms with van der Waals surface area (Å²) in [4.78, 5) is 10.9. The van der Waals surface area contributed by atoms with Gasteiger partial charge < -0.3 is 4.74 Å². The van der Waals surface area contributed by atoms with E-state index in [2.05, 4.69) is 27.3 Å². The molecular weight excluding hydrogens is 243 g/mol. The van der Waals surface area contributed by atoms with E-state index in [4.69, 9.17) is 0 Å². The third-order valence-corrected chi connectivity index (χ3v) is 2.11. The molecule has 53 valence electrons. The lowest BCUT2D eigenvalue weighted by atomic mass is 10.1. The highest BCUT2D eigenvalue weighted by atomic mass is 127. The van der Waals surface area contributed by atoms with Crippen molar-refractivity contribution in [3.63, 3.8) is 0 Å². The van der Waals surface area contributed by atoms with Gasteiger partial charge in [0.1, 0.15) is 5.92 Å². The Kier molecular flexibility index (Phi) is 2.95. The lowest BCUT2D eigenvalue weighted by Crippen LogP contribution is -2.13. The van der Waals surface area contributed by atoms with Crippen LogP contribution in [-0.2, 0) is 9.53 Å². The number of hydrogen-bond acceptors (Lipinski definition) is 2. The number of carbonyl (C=O) groups is 1. The van der Waals surface area contributed by atoms with Crippen molar-refractivity contribution in [2.24, 2.45) is 0 Å². The van der Waals surface area contributed by atoms with Crippen molar-refractivity contribution >= 4 is 28.6 Å². The largest absolute Gasteiger partial charge is 0.469 e. The Morgan fingerprint density at radius 1 is 1.60 bits per heavy atom. The summed E-state index contributed by atoms with van der Waals surface area (Å²) in [6, 6.07) is 0. The molecule has 0 aromatic heterocycles. The lowest BCUT2D eigenvalue weighted by Gasteiger charge is -2.07. The smallest absolute Gasteiger partial charge is 0.314 e. The summed E-state index contributed by atoms with van der Waals surface area (Å²) >= 11 is 2.09. The topological polar surface area (TPSA) is 26.3 Å². The number of halogens is 1. The lowest BCUT2D eigenvalue weighted by molar-refractivity contribution is -0.137. The quantitative estimate of drug-likeness (QED) is 0.517. The molecule has 0 unspecified atom stereocenters. The summed E-state index contributed by atoms with van der Waals surface area (Å²) in [5.41, 5.74) is 0. The second-order valence-electron chi connectivity index (χ2n) is 1.78. The van der Waals surface area contributed by atoms with E-state index in [1.54, 1.807) is 6.42 Å². The van der Waals surface area contributed by atoms with E-state index >= 15 is 0 Å². The highest BCUT2D eigenvalue weighted by Gasteiger charge is 2.33. The monoisotopic (exact) mass is 249 g/mol. The maximum absolute atomic E-state index is 10.9. The molecular formula is C7H6IO2. The Balaban J connectivity index is 2.46. The second kappa shape index (κ2) is 3.55. The van der Waals surface area contributed by atoms with E-state index in [1.165, 1.54) is 7.11 Å². The van der Waals surface area contributed by atoms with Crippen LogP contribution in [0.3, 0.4) is 0 Å². The zero-order chi connectivity index (χ0) is 7.56. The van der Waals surface area contributed by atoms with E-state index in [0.29, 0.717) is 5.92 Å². The zero-order valence-corrected chi connectivity index (χ0v) is 7.58. The van der Waals surface area contributed by atoms with Crippen LogP contribution in [0.1, 0.15) is 0 Å². The van der Waals surface area contributed by atoms with Gasteiger partial charge in [-0.25, -0.2) is 0 Å². The van der Waals surface area contributed by atoms with Crippen LogP contribution in [0.4, 0.5) is 0 Å². The molecule has 5 radical (unpaired) electrons. The van der Waals surface area contributed by atoms with Crippen LogP contribution >= 0.6 is 22.6 Å². The molecule has 1 saturated carbocycles. The Hall–Kier alpha value is 0.200. The van der Waals surface area contributed by atoms with Crippen LogP contribution in [0, 0.1) is 29.1 Å². The molecule has 0 heterocycles. The number of hydrogen-bond donors (Lipinski definition) is 0. The molecule has 0 saturated heterocycles. The zero-order valence-electron chi connectivity index (χ0n) is 5.43. The van der Waals surface area contributed by atoms with Crippen molar-refractivity contribution in [1.29, 1.82) is 0 Å². The maximum atomic E-state index is 10.9. The SMILES string of the molecule is COC(=O)[C]1[CH][CH][CH][C]1I. The van der Waals surface area contributed by atoms with E-state index < -0.39 is 0 Å². The molecule has 0 aromatic carbocycles. The molecule has 0 N–H and O–H groups in total. The van der Waals surface area contributed by atoms with Gasteiger partial charge in [-0.3, -0.25) is 4.79 Å². The fourth-order valence-electron chi connectivity index (χ4n) is 0.674. The van der Waals surface area contributed by atoms with E-state index in [-0.39, 0.29) is 5.97 Å². The first kappa shape index (κ1) is 8.30. The standard InChI is InChI=1S/C7H6IO2/c1-10-7(9)5-3-2-4-6(5)8/h2-4H,1H3. The van der Waals surface area contributed by atoms with E-state index in [1.807, 2.05) is 12.8 Å². The fraction of sp³-hybridized carbons (Fsp3) is 0.143. The van der Waals surface area contributed by atoms with Gasteiger partial charge in [0, 0.05) is 0 Å². The molecule has 0 bridgehead atoms. The molecule has 2 nitrogen and oxygen atoms in total. The van der Waals surface area contributed by atoms with Crippen LogP contribution in [-0.4, -0.2) is 13.1 Å². The van der Waals surface area contributed by atoms with Gasteiger partial charge in [-0.15, -0.1) is 0 Å². The number of carbonyl (C=O) groups excluding carboxylic acids is 1. The molecule has 1 fully saturated rings. The molecule has 0 aliphatic heterocycles. The molecule has 10 heavy (non-hydrogen) atoms. The molecule has 0 atom stereocenters. The van der Waals surface area contributed by atoms with Gasteiger partial charge in [0.25, 0.3) is 0 Å². The molecule has 0 spiro atoms. The molecule has 1 aliphatic carbocycles. The van der Waals surface area contributed by atoms with Gasteiger partial charge in [0.2, 0.25) is 0 Å². The summed E-state index contributed by atoms with van der Waals surface area (Å²) in [7, 11) is 1.38. The number of rotatable bonds is 1. The van der Waals surface area contributed by atoms with Crippen LogP contribution < -0.4 is 0 Å². The first-order chi connectivity index (χ1) is 4.75. The maximum Gasteiger partial charge on any atom is 0.314 e. The average Bonchev–Trinajstić information content (AvgIpc) is 2.34. The van der Waals surface area contributed by atoms with Crippen LogP contribution in [0.5, 0.6) is 0 Å². The number of ether oxygens (including phenoxy) is 1. The third kappa shape index (κ3) is 1.62. The minimum atomic E-state index is -0.269. The number of esters is 1. The van der Waals surface area contributed by atoms with Gasteiger partial charge >= 0.3 is 5.97 Å². The van der Waals surface area contributed by atoms with Crippen LogP contribution in [0.25, 0.3) is 0 Å². The van der Waals surface area contributed by atoms with Crippen molar-refractivity contribution in [3.05, 3.63) is 29.1 Å². The summed E-state index contributed by atoms with van der Waals surface area (Å²) in [5, 5.41) is 0. The minimum Gasteiger partial charge on any atom is -0.469 e. The number of methoxy groups -OCH3 is 1. The summed E-state index contributed by atoms with van der Waals surface area (Å²) in [6.45, 7) is 0. The molecule has 0 aromatic rings. The van der Waals surface area contributed by atoms with Gasteiger partial charge in [0.05, 0.1) is 11.0 Å². The van der Waals surface area contributed by atoms with Gasteiger partial charge in [-0.1, -0.05) is 22.6 Å². The second-order valence-corrected chi connectivity index (χ2v) is 2.94. The summed E-state index contributed by atoms with van der Waals surface area (Å²) < 4.78 is 5.47. The molecule has 1 rings (SSSR count). The van der Waals surface area contributed by atoms with Gasteiger partial charge in [-0.2, -0.15) is 0 Å². The third-order valence-electron chi connectivity index (χ3n) is 1.17. The highest BCUT2D eigenvalue weighted by Crippen LogP contribution is 2.38. The first-order valence-corrected chi connectivity index (χ1v) is 3.83. The van der Waals surface area contributed by atoms with Gasteiger partial charge in [-0.05, 0) is 19.3 Å². The van der Waals surface area contributed by atoms with Crippen LogP contribution in [0.15, 0.2) is 0 Å². The highest BCUT2D eigenvalue weighted by molar-refractivity contribution is 14.1. The average molecular weight is 249 g/mol. The van der Waals surface area contributed by atoms with Crippen molar-refractivity contribution in [2.45, 2.75) is 0 Å². The van der Waals surface area contributed by atoms with Crippen molar-refractivity contribution in [1.82, 2.24) is 0 Å². The summed E-state index contributed by atoms with van der Waals surface area (Å²) in [6.07, 6.45) is 5.44. The normalized spacial score (nSPS) is 21.4. The van der Waals surface area contributed by atoms with Crippen molar-refractivity contribution < 1.29 is 9.53 Å². The van der Waals surface area contributed by atoms with Crippen molar-refractivity contribution in [3.8, 4) is 0 Å². The minimum absolute atomic E-state index is 0.269. The Bertz CT molecular complexity index is 136. The Morgan fingerprint density at radius 3 is 2.70 bits per heavy atom. The van der Waals surface area contributed by atoms with Crippen molar-refractivity contribution in [2.75, 3.05) is 7.11 Å². The molecule has 1 aliphatic rings. The van der Waals surface area contributed by atoms with Gasteiger partial charge in [0.15, 0.2) is 0 Å². The fourth-order valence-corrected chi connectivity index (χ4v) is 1.28. The predicted octanol–water partition coefficient (Wildman–Crippen LogP) is 1.33. The first-order valence-electron chi connectivity index (χ1n) is 2.75. The van der Waals surface area contributed by atoms with Crippen LogP contribution in [0.2, 0.25) is 0 Å². The molecule has 3 heteroatoms. The Labute approximate surface area is 74.5 Å². The Morgan fingerprint density at radius 2 is 2.30 bits per heavy atom. The molecule has 0 amide bonds.